The van der Waals surface area contributed by atoms with Crippen molar-refractivity contribution in [1.29, 1.82) is 0 Å². The van der Waals surface area contributed by atoms with Crippen LogP contribution in [0.3, 0.4) is 0 Å². The van der Waals surface area contributed by atoms with E-state index in [4.69, 9.17) is 4.74 Å². The Hall–Kier alpha value is -4.85. The van der Waals surface area contributed by atoms with E-state index in [0.717, 1.165) is 76.5 Å². The number of fused-ring (bicyclic) bond motifs is 3. The minimum Gasteiger partial charge on any atom is -0.392 e. The summed E-state index contributed by atoms with van der Waals surface area (Å²) in [6.07, 6.45) is 12.1. The topological polar surface area (TPSA) is 135 Å². The Morgan fingerprint density at radius 1 is 0.979 bits per heavy atom. The molecule has 48 heavy (non-hydrogen) atoms. The van der Waals surface area contributed by atoms with Crippen molar-refractivity contribution in [2.24, 2.45) is 7.05 Å². The van der Waals surface area contributed by atoms with Crippen LogP contribution in [0.1, 0.15) is 36.1 Å². The number of anilines is 3. The molecule has 0 radical (unpaired) electrons. The van der Waals surface area contributed by atoms with Gasteiger partial charge in [-0.25, -0.2) is 9.97 Å². The average molecular weight is 650 g/mol. The molecule has 5 aromatic rings. The molecule has 0 atom stereocenters. The average Bonchev–Trinajstić information content (AvgIpc) is 3.27. The second-order valence-electron chi connectivity index (χ2n) is 12.9. The highest BCUT2D eigenvalue weighted by Gasteiger charge is 2.29. The number of rotatable bonds is 7. The van der Waals surface area contributed by atoms with Crippen LogP contribution in [0.15, 0.2) is 64.8 Å². The van der Waals surface area contributed by atoms with E-state index in [1.165, 1.54) is 21.2 Å². The molecule has 3 aliphatic rings. The van der Waals surface area contributed by atoms with Crippen LogP contribution in [0, 0.1) is 0 Å². The van der Waals surface area contributed by atoms with Crippen molar-refractivity contribution in [2.75, 3.05) is 49.6 Å². The number of hydrogen-bond donors (Lipinski definition) is 2. The number of aliphatic hydroxyl groups is 1. The second-order valence-corrected chi connectivity index (χ2v) is 12.9. The summed E-state index contributed by atoms with van der Waals surface area (Å²) in [5.74, 6) is 0.798. The number of aromatic nitrogens is 6. The Morgan fingerprint density at radius 3 is 2.56 bits per heavy atom. The number of aryl methyl sites for hydroxylation is 3. The SMILES string of the molecule is Cn1cc(-c2ccnc(-n3ncn4c5c(cc4c3=O)CCCCC5)c2CO)cc(Nc2ccc(N3CCN(C4COC4)CC3)cn2)c1=O. The smallest absolute Gasteiger partial charge is 0.297 e. The molecule has 1 aliphatic carbocycles. The van der Waals surface area contributed by atoms with E-state index in [1.54, 1.807) is 37.9 Å². The lowest BCUT2D eigenvalue weighted by Gasteiger charge is -2.43. The summed E-state index contributed by atoms with van der Waals surface area (Å²) in [5.41, 5.74) is 5.48. The third-order valence-electron chi connectivity index (χ3n) is 10.00. The van der Waals surface area contributed by atoms with Crippen LogP contribution < -0.4 is 21.3 Å². The van der Waals surface area contributed by atoms with Crippen molar-refractivity contribution in [3.8, 4) is 16.9 Å². The molecule has 2 saturated heterocycles. The van der Waals surface area contributed by atoms with Gasteiger partial charge in [0.15, 0.2) is 5.82 Å². The van der Waals surface area contributed by atoms with E-state index in [-0.39, 0.29) is 23.5 Å². The zero-order chi connectivity index (χ0) is 32.8. The first kappa shape index (κ1) is 30.5. The zero-order valence-electron chi connectivity index (χ0n) is 27.0. The molecular formula is C35H39N9O4. The molecule has 13 nitrogen and oxygen atoms in total. The third-order valence-corrected chi connectivity index (χ3v) is 10.00. The van der Waals surface area contributed by atoms with Crippen molar-refractivity contribution >= 4 is 22.7 Å². The number of aliphatic hydroxyl groups excluding tert-OH is 1. The fraction of sp³-hybridized carbons (Fsp3) is 0.400. The van der Waals surface area contributed by atoms with Gasteiger partial charge in [-0.3, -0.25) is 18.9 Å². The number of piperazine rings is 1. The summed E-state index contributed by atoms with van der Waals surface area (Å²) in [6, 6.07) is 9.93. The normalized spacial score (nSPS) is 17.2. The van der Waals surface area contributed by atoms with Gasteiger partial charge in [0.05, 0.1) is 37.7 Å². The molecule has 2 aliphatic heterocycles. The lowest BCUT2D eigenvalue weighted by Crippen LogP contribution is -2.56. The van der Waals surface area contributed by atoms with Gasteiger partial charge in [0.25, 0.3) is 11.1 Å². The van der Waals surface area contributed by atoms with E-state index in [1.807, 2.05) is 28.8 Å². The molecule has 0 amide bonds. The quantitative estimate of drug-likeness (QED) is 0.254. The highest BCUT2D eigenvalue weighted by Crippen LogP contribution is 2.29. The molecule has 0 bridgehead atoms. The van der Waals surface area contributed by atoms with Crippen LogP contribution in [-0.4, -0.2) is 84.2 Å². The van der Waals surface area contributed by atoms with Gasteiger partial charge in [0.2, 0.25) is 0 Å². The van der Waals surface area contributed by atoms with Gasteiger partial charge in [0.1, 0.15) is 23.3 Å². The van der Waals surface area contributed by atoms with Gasteiger partial charge in [-0.15, -0.1) is 0 Å². The molecule has 2 fully saturated rings. The Morgan fingerprint density at radius 2 is 1.81 bits per heavy atom. The molecule has 0 spiro atoms. The summed E-state index contributed by atoms with van der Waals surface area (Å²) < 4.78 is 10.0. The van der Waals surface area contributed by atoms with Gasteiger partial charge in [-0.1, -0.05) is 6.42 Å². The van der Waals surface area contributed by atoms with Crippen molar-refractivity contribution in [2.45, 2.75) is 44.8 Å². The fourth-order valence-corrected chi connectivity index (χ4v) is 7.22. The van der Waals surface area contributed by atoms with E-state index in [9.17, 15) is 14.7 Å². The molecule has 5 aromatic heterocycles. The first-order valence-corrected chi connectivity index (χ1v) is 16.7. The van der Waals surface area contributed by atoms with Crippen molar-refractivity contribution < 1.29 is 9.84 Å². The molecule has 0 unspecified atom stereocenters. The van der Waals surface area contributed by atoms with Crippen molar-refractivity contribution in [3.63, 3.8) is 0 Å². The van der Waals surface area contributed by atoms with E-state index in [2.05, 4.69) is 30.2 Å². The van der Waals surface area contributed by atoms with E-state index < -0.39 is 0 Å². The van der Waals surface area contributed by atoms with Crippen LogP contribution in [-0.2, 0) is 31.2 Å². The van der Waals surface area contributed by atoms with Crippen molar-refractivity contribution in [1.82, 2.24) is 33.6 Å². The second kappa shape index (κ2) is 12.6. The van der Waals surface area contributed by atoms with Crippen LogP contribution in [0.25, 0.3) is 22.5 Å². The first-order chi connectivity index (χ1) is 23.5. The maximum Gasteiger partial charge on any atom is 0.297 e. The molecule has 7 heterocycles. The van der Waals surface area contributed by atoms with Gasteiger partial charge < -0.3 is 24.6 Å². The fourth-order valence-electron chi connectivity index (χ4n) is 7.22. The molecule has 13 heteroatoms. The monoisotopic (exact) mass is 649 g/mol. The highest BCUT2D eigenvalue weighted by atomic mass is 16.5. The molecular weight excluding hydrogens is 610 g/mol. The van der Waals surface area contributed by atoms with E-state index >= 15 is 0 Å². The molecule has 8 rings (SSSR count). The van der Waals surface area contributed by atoms with E-state index in [0.29, 0.717) is 39.8 Å². The summed E-state index contributed by atoms with van der Waals surface area (Å²) in [4.78, 5) is 40.9. The summed E-state index contributed by atoms with van der Waals surface area (Å²) in [6.45, 7) is 5.13. The lowest BCUT2D eigenvalue weighted by molar-refractivity contribution is -0.0660. The standard InChI is InChI=1S/C35H39N9O4/c1-40-18-24(15-29(34(40)46)39-32-8-7-25(17-37-32)41-11-13-42(14-12-41)26-20-48-21-26)27-9-10-36-33(28(27)19-45)44-35(47)31-16-23-5-3-2-4-6-30(23)43(31)22-38-44/h7-10,15-18,22,26,45H,2-6,11-14,19-21H2,1H3,(H,37,39). The predicted octanol–water partition coefficient (Wildman–Crippen LogP) is 2.67. The van der Waals surface area contributed by atoms with Gasteiger partial charge in [-0.05, 0) is 67.1 Å². The number of nitrogens with one attached hydrogen (secondary N) is 1. The number of hydrogen-bond acceptors (Lipinski definition) is 10. The lowest BCUT2D eigenvalue weighted by atomic mass is 10.0. The number of nitrogens with zero attached hydrogens (tertiary/aromatic N) is 8. The predicted molar refractivity (Wildman–Crippen MR) is 182 cm³/mol. The Labute approximate surface area is 277 Å². The zero-order valence-corrected chi connectivity index (χ0v) is 27.0. The minimum atomic E-state index is -0.382. The maximum atomic E-state index is 13.8. The minimum absolute atomic E-state index is 0.225. The van der Waals surface area contributed by atoms with Gasteiger partial charge >= 0.3 is 0 Å². The maximum absolute atomic E-state index is 13.8. The third kappa shape index (κ3) is 5.47. The summed E-state index contributed by atoms with van der Waals surface area (Å²) in [5, 5.41) is 18.3. The van der Waals surface area contributed by atoms with Crippen LogP contribution in [0.4, 0.5) is 17.2 Å². The van der Waals surface area contributed by atoms with Gasteiger partial charge in [-0.2, -0.15) is 9.78 Å². The molecule has 248 valence electrons. The van der Waals surface area contributed by atoms with Crippen molar-refractivity contribution in [3.05, 3.63) is 92.8 Å². The molecule has 0 saturated carbocycles. The Kier molecular flexibility index (Phi) is 8.03. The Balaban J connectivity index is 1.07. The van der Waals surface area contributed by atoms with Crippen LogP contribution in [0.5, 0.6) is 0 Å². The molecule has 0 aromatic carbocycles. The van der Waals surface area contributed by atoms with Gasteiger partial charge in [0, 0.05) is 62.4 Å². The largest absolute Gasteiger partial charge is 0.392 e. The summed E-state index contributed by atoms with van der Waals surface area (Å²) >= 11 is 0. The van der Waals surface area contributed by atoms with Crippen LogP contribution in [0.2, 0.25) is 0 Å². The summed E-state index contributed by atoms with van der Waals surface area (Å²) in [7, 11) is 1.68. The highest BCUT2D eigenvalue weighted by molar-refractivity contribution is 5.73. The number of pyridine rings is 3. The molecule has 2 N–H and O–H groups in total. The first-order valence-electron chi connectivity index (χ1n) is 16.7. The van der Waals surface area contributed by atoms with Crippen LogP contribution >= 0.6 is 0 Å². The Bertz CT molecular complexity index is 2090. The number of ether oxygens (including phenoxy) is 1.